The fraction of sp³-hybridized carbons (Fsp3) is 0.500. The lowest BCUT2D eigenvalue weighted by Gasteiger charge is -2.12. The van der Waals surface area contributed by atoms with Crippen molar-refractivity contribution in [3.8, 4) is 0 Å². The average Bonchev–Trinajstić information content (AvgIpc) is 2.85. The van der Waals surface area contributed by atoms with Gasteiger partial charge < -0.3 is 10.1 Å². The predicted octanol–water partition coefficient (Wildman–Crippen LogP) is -0.472. The molecule has 1 aliphatic heterocycles. The van der Waals surface area contributed by atoms with E-state index >= 15 is 0 Å². The van der Waals surface area contributed by atoms with Gasteiger partial charge in [-0.25, -0.2) is 21.6 Å². The first-order chi connectivity index (χ1) is 11.2. The van der Waals surface area contributed by atoms with E-state index in [0.717, 1.165) is 0 Å². The van der Waals surface area contributed by atoms with Gasteiger partial charge in [0.25, 0.3) is 5.91 Å². The van der Waals surface area contributed by atoms with E-state index in [-0.39, 0.29) is 28.4 Å². The molecule has 2 rings (SSSR count). The maximum atomic E-state index is 12.4. The number of sulfone groups is 1. The van der Waals surface area contributed by atoms with Crippen LogP contribution >= 0.6 is 0 Å². The Hall–Kier alpha value is -1.49. The average molecular weight is 376 g/mol. The summed E-state index contributed by atoms with van der Waals surface area (Å²) in [6, 6.07) is 4.94. The molecular formula is C14H20N2O6S2. The van der Waals surface area contributed by atoms with Gasteiger partial charge in [-0.3, -0.25) is 4.79 Å². The molecule has 1 heterocycles. The Kier molecular flexibility index (Phi) is 5.97. The summed E-state index contributed by atoms with van der Waals surface area (Å²) in [6.07, 6.45) is 0.249. The van der Waals surface area contributed by atoms with Crippen LogP contribution in [0.3, 0.4) is 0 Å². The predicted molar refractivity (Wildman–Crippen MR) is 88.0 cm³/mol. The van der Waals surface area contributed by atoms with Crippen molar-refractivity contribution in [2.75, 3.05) is 31.8 Å². The van der Waals surface area contributed by atoms with Gasteiger partial charge in [0.2, 0.25) is 10.0 Å². The van der Waals surface area contributed by atoms with E-state index in [1.165, 1.54) is 31.4 Å². The summed E-state index contributed by atoms with van der Waals surface area (Å²) in [5.41, 5.74) is 0.202. The van der Waals surface area contributed by atoms with E-state index in [1.54, 1.807) is 0 Å². The number of ether oxygens (including phenoxy) is 1. The van der Waals surface area contributed by atoms with Crippen LogP contribution in [-0.2, 0) is 24.6 Å². The lowest BCUT2D eigenvalue weighted by molar-refractivity contribution is 0.0937. The quantitative estimate of drug-likeness (QED) is 0.621. The number of carbonyl (C=O) groups is 1. The molecule has 0 bridgehead atoms. The van der Waals surface area contributed by atoms with Crippen LogP contribution in [0, 0.1) is 0 Å². The van der Waals surface area contributed by atoms with Gasteiger partial charge in [-0.2, -0.15) is 0 Å². The van der Waals surface area contributed by atoms with Gasteiger partial charge in [-0.05, 0) is 24.6 Å². The van der Waals surface area contributed by atoms with E-state index in [4.69, 9.17) is 4.74 Å². The summed E-state index contributed by atoms with van der Waals surface area (Å²) in [4.78, 5) is 11.9. The number of carbonyl (C=O) groups excluding carboxylic acids is 1. The van der Waals surface area contributed by atoms with E-state index in [9.17, 15) is 21.6 Å². The zero-order valence-electron chi connectivity index (χ0n) is 13.2. The van der Waals surface area contributed by atoms with Crippen LogP contribution in [-0.4, -0.2) is 60.6 Å². The zero-order valence-corrected chi connectivity index (χ0v) is 14.8. The van der Waals surface area contributed by atoms with Crippen molar-refractivity contribution >= 4 is 25.8 Å². The van der Waals surface area contributed by atoms with E-state index in [1.807, 2.05) is 0 Å². The van der Waals surface area contributed by atoms with Crippen molar-refractivity contribution < 1.29 is 26.4 Å². The van der Waals surface area contributed by atoms with Crippen molar-refractivity contribution in [1.29, 1.82) is 0 Å². The number of sulfonamides is 1. The minimum Gasteiger partial charge on any atom is -0.383 e. The first-order valence-corrected chi connectivity index (χ1v) is 10.6. The molecule has 2 N–H and O–H groups in total. The molecule has 1 aromatic rings. The Morgan fingerprint density at radius 1 is 1.38 bits per heavy atom. The van der Waals surface area contributed by atoms with Gasteiger partial charge in [0.1, 0.15) is 0 Å². The Balaban J connectivity index is 2.10. The molecule has 1 atom stereocenters. The molecule has 1 fully saturated rings. The number of amides is 1. The molecule has 0 aromatic heterocycles. The highest BCUT2D eigenvalue weighted by Gasteiger charge is 2.31. The molecule has 1 aromatic carbocycles. The standard InChI is InChI=1S/C14H20N2O6S2/c1-22-7-6-15-14(17)11-3-2-4-13(9-11)24(20,21)16-12-5-8-23(18,19)10-12/h2-4,9,12,16H,5-8,10H2,1H3,(H,15,17). The molecule has 10 heteroatoms. The first kappa shape index (κ1) is 18.8. The second-order valence-corrected chi connectivity index (χ2v) is 9.44. The summed E-state index contributed by atoms with van der Waals surface area (Å²) >= 11 is 0. The Morgan fingerprint density at radius 3 is 2.75 bits per heavy atom. The van der Waals surface area contributed by atoms with Gasteiger partial charge >= 0.3 is 0 Å². The van der Waals surface area contributed by atoms with Gasteiger partial charge in [-0.15, -0.1) is 0 Å². The molecule has 0 radical (unpaired) electrons. The third-order valence-electron chi connectivity index (χ3n) is 3.55. The zero-order chi connectivity index (χ0) is 17.8. The summed E-state index contributed by atoms with van der Waals surface area (Å²) in [7, 11) is -5.57. The van der Waals surface area contributed by atoms with Crippen LogP contribution in [0.4, 0.5) is 0 Å². The second-order valence-electron chi connectivity index (χ2n) is 5.50. The number of rotatable bonds is 7. The molecule has 0 spiro atoms. The van der Waals surface area contributed by atoms with Crippen molar-refractivity contribution in [3.63, 3.8) is 0 Å². The SMILES string of the molecule is COCCNC(=O)c1cccc(S(=O)(=O)NC2CCS(=O)(=O)C2)c1. The van der Waals surface area contributed by atoms with Crippen LogP contribution in [0.25, 0.3) is 0 Å². The molecule has 8 nitrogen and oxygen atoms in total. The highest BCUT2D eigenvalue weighted by molar-refractivity contribution is 7.92. The van der Waals surface area contributed by atoms with Gasteiger partial charge in [0.15, 0.2) is 9.84 Å². The van der Waals surface area contributed by atoms with Crippen LogP contribution in [0.5, 0.6) is 0 Å². The lowest BCUT2D eigenvalue weighted by Crippen LogP contribution is -2.35. The summed E-state index contributed by atoms with van der Waals surface area (Å²) in [5.74, 6) is -0.640. The normalized spacial score (nSPS) is 20.0. The third kappa shape index (κ3) is 5.00. The monoisotopic (exact) mass is 376 g/mol. The maximum Gasteiger partial charge on any atom is 0.251 e. The largest absolute Gasteiger partial charge is 0.383 e. The van der Waals surface area contributed by atoms with Gasteiger partial charge in [-0.1, -0.05) is 6.07 Å². The third-order valence-corrected chi connectivity index (χ3v) is 6.84. The van der Waals surface area contributed by atoms with Crippen LogP contribution < -0.4 is 10.0 Å². The topological polar surface area (TPSA) is 119 Å². The second kappa shape index (κ2) is 7.60. The van der Waals surface area contributed by atoms with Crippen LogP contribution in [0.1, 0.15) is 16.8 Å². The molecule has 24 heavy (non-hydrogen) atoms. The molecule has 0 aliphatic carbocycles. The fourth-order valence-electron chi connectivity index (χ4n) is 2.35. The molecule has 134 valence electrons. The van der Waals surface area contributed by atoms with Gasteiger partial charge in [0.05, 0.1) is 23.0 Å². The number of hydrogen-bond donors (Lipinski definition) is 2. The summed E-state index contributed by atoms with van der Waals surface area (Å²) in [6.45, 7) is 0.659. The van der Waals surface area contributed by atoms with Crippen LogP contribution in [0.2, 0.25) is 0 Å². The number of benzene rings is 1. The highest BCUT2D eigenvalue weighted by Crippen LogP contribution is 2.16. The van der Waals surface area contributed by atoms with E-state index in [0.29, 0.717) is 13.2 Å². The molecule has 1 amide bonds. The van der Waals surface area contributed by atoms with E-state index < -0.39 is 31.8 Å². The Labute approximate surface area is 141 Å². The van der Waals surface area contributed by atoms with Gasteiger partial charge in [0, 0.05) is 25.3 Å². The van der Waals surface area contributed by atoms with Crippen LogP contribution in [0.15, 0.2) is 29.2 Å². The molecular weight excluding hydrogens is 356 g/mol. The van der Waals surface area contributed by atoms with Crippen molar-refractivity contribution in [3.05, 3.63) is 29.8 Å². The van der Waals surface area contributed by atoms with Crippen molar-refractivity contribution in [2.24, 2.45) is 0 Å². The van der Waals surface area contributed by atoms with Crippen molar-refractivity contribution in [2.45, 2.75) is 17.4 Å². The minimum atomic E-state index is -3.89. The number of nitrogens with one attached hydrogen (secondary N) is 2. The first-order valence-electron chi connectivity index (χ1n) is 7.33. The molecule has 1 unspecified atom stereocenters. The molecule has 0 saturated carbocycles. The fourth-order valence-corrected chi connectivity index (χ4v) is 5.44. The maximum absolute atomic E-state index is 12.4. The number of hydrogen-bond acceptors (Lipinski definition) is 6. The Morgan fingerprint density at radius 2 is 2.12 bits per heavy atom. The summed E-state index contributed by atoms with van der Waals surface area (Å²) < 4.78 is 54.8. The number of methoxy groups -OCH3 is 1. The lowest BCUT2D eigenvalue weighted by atomic mass is 10.2. The highest BCUT2D eigenvalue weighted by atomic mass is 32.2. The smallest absolute Gasteiger partial charge is 0.251 e. The minimum absolute atomic E-state index is 0.0257. The summed E-state index contributed by atoms with van der Waals surface area (Å²) in [5, 5.41) is 2.60. The molecule has 1 aliphatic rings. The van der Waals surface area contributed by atoms with E-state index in [2.05, 4.69) is 10.0 Å². The van der Waals surface area contributed by atoms with Crippen molar-refractivity contribution in [1.82, 2.24) is 10.0 Å². The molecule has 1 saturated heterocycles. The Bertz CT molecular complexity index is 804.